The number of aromatic nitrogens is 1. The van der Waals surface area contributed by atoms with Gasteiger partial charge in [0.15, 0.2) is 0 Å². The van der Waals surface area contributed by atoms with Crippen LogP contribution >= 0.6 is 0 Å². The second-order valence-electron chi connectivity index (χ2n) is 4.29. The van der Waals surface area contributed by atoms with Crippen LogP contribution in [0.4, 0.5) is 5.82 Å². The van der Waals surface area contributed by atoms with Crippen molar-refractivity contribution in [3.05, 3.63) is 23.9 Å². The fourth-order valence-corrected chi connectivity index (χ4v) is 2.05. The van der Waals surface area contributed by atoms with Crippen LogP contribution in [0.5, 0.6) is 0 Å². The van der Waals surface area contributed by atoms with Crippen molar-refractivity contribution < 1.29 is 4.79 Å². The third-order valence-corrected chi connectivity index (χ3v) is 3.02. The van der Waals surface area contributed by atoms with Crippen LogP contribution in [0, 0.1) is 11.3 Å². The zero-order valence-electron chi connectivity index (χ0n) is 10.2. The average molecular weight is 244 g/mol. The third kappa shape index (κ3) is 2.98. The SMILES string of the molecule is N#CCNC(=O)c1ccc(N2CCCCC2)nc1. The first-order chi connectivity index (χ1) is 8.81. The molecule has 1 aromatic rings. The second kappa shape index (κ2) is 6.01. The van der Waals surface area contributed by atoms with E-state index < -0.39 is 0 Å². The smallest absolute Gasteiger partial charge is 0.253 e. The lowest BCUT2D eigenvalue weighted by Gasteiger charge is -2.27. The van der Waals surface area contributed by atoms with Gasteiger partial charge in [0.1, 0.15) is 12.4 Å². The highest BCUT2D eigenvalue weighted by atomic mass is 16.1. The van der Waals surface area contributed by atoms with Crippen LogP contribution in [0.3, 0.4) is 0 Å². The lowest BCUT2D eigenvalue weighted by Crippen LogP contribution is -2.30. The van der Waals surface area contributed by atoms with Gasteiger partial charge in [0, 0.05) is 19.3 Å². The van der Waals surface area contributed by atoms with Crippen LogP contribution in [0.2, 0.25) is 0 Å². The molecule has 1 aromatic heterocycles. The molecule has 1 aliphatic rings. The Kier molecular flexibility index (Phi) is 4.13. The predicted molar refractivity (Wildman–Crippen MR) is 68.2 cm³/mol. The van der Waals surface area contributed by atoms with E-state index in [2.05, 4.69) is 15.2 Å². The summed E-state index contributed by atoms with van der Waals surface area (Å²) in [5.74, 6) is 0.667. The molecule has 1 saturated heterocycles. The first kappa shape index (κ1) is 12.4. The minimum Gasteiger partial charge on any atom is -0.357 e. The number of nitrogens with zero attached hydrogens (tertiary/aromatic N) is 3. The Morgan fingerprint density at radius 2 is 2.17 bits per heavy atom. The minimum absolute atomic E-state index is 0.0205. The first-order valence-corrected chi connectivity index (χ1v) is 6.17. The normalized spacial score (nSPS) is 14.9. The van der Waals surface area contributed by atoms with Crippen molar-refractivity contribution >= 4 is 11.7 Å². The molecule has 0 aliphatic carbocycles. The fourth-order valence-electron chi connectivity index (χ4n) is 2.05. The lowest BCUT2D eigenvalue weighted by atomic mass is 10.1. The van der Waals surface area contributed by atoms with Gasteiger partial charge in [0.25, 0.3) is 5.91 Å². The monoisotopic (exact) mass is 244 g/mol. The highest BCUT2D eigenvalue weighted by Crippen LogP contribution is 2.17. The molecule has 1 N–H and O–H groups in total. The summed E-state index contributed by atoms with van der Waals surface area (Å²) in [7, 11) is 0. The summed E-state index contributed by atoms with van der Waals surface area (Å²) in [5.41, 5.74) is 0.492. The molecule has 0 radical (unpaired) electrons. The molecule has 1 amide bonds. The Morgan fingerprint density at radius 1 is 1.39 bits per heavy atom. The van der Waals surface area contributed by atoms with Crippen molar-refractivity contribution in [2.24, 2.45) is 0 Å². The Morgan fingerprint density at radius 3 is 2.78 bits per heavy atom. The molecule has 0 aromatic carbocycles. The first-order valence-electron chi connectivity index (χ1n) is 6.17. The van der Waals surface area contributed by atoms with Crippen molar-refractivity contribution in [2.45, 2.75) is 19.3 Å². The summed E-state index contributed by atoms with van der Waals surface area (Å²) < 4.78 is 0. The molecule has 5 heteroatoms. The summed E-state index contributed by atoms with van der Waals surface area (Å²) >= 11 is 0. The number of anilines is 1. The van der Waals surface area contributed by atoms with E-state index in [9.17, 15) is 4.79 Å². The highest BCUT2D eigenvalue weighted by molar-refractivity contribution is 5.94. The number of rotatable bonds is 3. The average Bonchev–Trinajstić information content (AvgIpc) is 2.46. The topological polar surface area (TPSA) is 69.0 Å². The molecule has 0 unspecified atom stereocenters. The molecule has 1 fully saturated rings. The second-order valence-corrected chi connectivity index (χ2v) is 4.29. The van der Waals surface area contributed by atoms with Gasteiger partial charge in [-0.25, -0.2) is 4.98 Å². The van der Waals surface area contributed by atoms with Gasteiger partial charge in [-0.3, -0.25) is 4.79 Å². The Labute approximate surface area is 106 Å². The highest BCUT2D eigenvalue weighted by Gasteiger charge is 2.12. The van der Waals surface area contributed by atoms with E-state index in [0.717, 1.165) is 18.9 Å². The molecular formula is C13H16N4O. The van der Waals surface area contributed by atoms with Gasteiger partial charge in [-0.1, -0.05) is 0 Å². The Bertz CT molecular complexity index is 443. The van der Waals surface area contributed by atoms with Gasteiger partial charge in [-0.2, -0.15) is 5.26 Å². The quantitative estimate of drug-likeness (QED) is 0.814. The van der Waals surface area contributed by atoms with Crippen molar-refractivity contribution in [3.8, 4) is 6.07 Å². The standard InChI is InChI=1S/C13H16N4O/c14-6-7-15-13(18)11-4-5-12(16-10-11)17-8-2-1-3-9-17/h4-5,10H,1-3,7-9H2,(H,15,18). The predicted octanol–water partition coefficient (Wildman–Crippen LogP) is 1.33. The number of hydrogen-bond acceptors (Lipinski definition) is 4. The largest absolute Gasteiger partial charge is 0.357 e. The third-order valence-electron chi connectivity index (χ3n) is 3.02. The number of nitriles is 1. The van der Waals surface area contributed by atoms with Gasteiger partial charge in [0.2, 0.25) is 0 Å². The van der Waals surface area contributed by atoms with Crippen LogP contribution in [0.15, 0.2) is 18.3 Å². The van der Waals surface area contributed by atoms with E-state index >= 15 is 0 Å². The number of nitrogens with one attached hydrogen (secondary N) is 1. The van der Waals surface area contributed by atoms with Gasteiger partial charge < -0.3 is 10.2 Å². The van der Waals surface area contributed by atoms with Gasteiger partial charge in [0.05, 0.1) is 11.6 Å². The van der Waals surface area contributed by atoms with Crippen LogP contribution in [0.1, 0.15) is 29.6 Å². The van der Waals surface area contributed by atoms with Crippen molar-refractivity contribution in [1.82, 2.24) is 10.3 Å². The van der Waals surface area contributed by atoms with E-state index in [0.29, 0.717) is 5.56 Å². The summed E-state index contributed by atoms with van der Waals surface area (Å²) in [5, 5.41) is 10.9. The molecule has 2 rings (SSSR count). The maximum Gasteiger partial charge on any atom is 0.253 e. The minimum atomic E-state index is -0.255. The molecule has 2 heterocycles. The molecule has 0 saturated carbocycles. The summed E-state index contributed by atoms with van der Waals surface area (Å²) in [6.07, 6.45) is 5.25. The lowest BCUT2D eigenvalue weighted by molar-refractivity contribution is 0.0958. The summed E-state index contributed by atoms with van der Waals surface area (Å²) in [6.45, 7) is 2.09. The fraction of sp³-hybridized carbons (Fsp3) is 0.462. The van der Waals surface area contributed by atoms with Crippen LogP contribution in [0.25, 0.3) is 0 Å². The molecule has 18 heavy (non-hydrogen) atoms. The molecule has 0 atom stereocenters. The van der Waals surface area contributed by atoms with Crippen molar-refractivity contribution in [3.63, 3.8) is 0 Å². The van der Waals surface area contributed by atoms with Crippen LogP contribution < -0.4 is 10.2 Å². The number of piperidine rings is 1. The molecule has 1 aliphatic heterocycles. The molecular weight excluding hydrogens is 228 g/mol. The maximum absolute atomic E-state index is 11.6. The number of amides is 1. The Balaban J connectivity index is 2.00. The van der Waals surface area contributed by atoms with Gasteiger partial charge in [-0.15, -0.1) is 0 Å². The zero-order chi connectivity index (χ0) is 12.8. The molecule has 0 bridgehead atoms. The van der Waals surface area contributed by atoms with E-state index in [1.165, 1.54) is 19.3 Å². The van der Waals surface area contributed by atoms with Crippen LogP contribution in [-0.4, -0.2) is 30.5 Å². The number of hydrogen-bond donors (Lipinski definition) is 1. The maximum atomic E-state index is 11.6. The van der Waals surface area contributed by atoms with E-state index in [4.69, 9.17) is 5.26 Å². The number of carbonyl (C=O) groups excluding carboxylic acids is 1. The van der Waals surface area contributed by atoms with E-state index in [1.54, 1.807) is 12.3 Å². The van der Waals surface area contributed by atoms with Crippen molar-refractivity contribution in [2.75, 3.05) is 24.5 Å². The van der Waals surface area contributed by atoms with E-state index in [1.807, 2.05) is 12.1 Å². The van der Waals surface area contributed by atoms with Crippen molar-refractivity contribution in [1.29, 1.82) is 5.26 Å². The summed E-state index contributed by atoms with van der Waals surface area (Å²) in [4.78, 5) is 18.1. The summed E-state index contributed by atoms with van der Waals surface area (Å²) in [6, 6.07) is 5.49. The number of carbonyl (C=O) groups is 1. The zero-order valence-corrected chi connectivity index (χ0v) is 10.2. The van der Waals surface area contributed by atoms with Crippen LogP contribution in [-0.2, 0) is 0 Å². The number of pyridine rings is 1. The molecule has 0 spiro atoms. The molecule has 5 nitrogen and oxygen atoms in total. The Hall–Kier alpha value is -2.09. The van der Waals surface area contributed by atoms with Gasteiger partial charge in [-0.05, 0) is 31.4 Å². The van der Waals surface area contributed by atoms with E-state index in [-0.39, 0.29) is 12.5 Å². The van der Waals surface area contributed by atoms with Gasteiger partial charge >= 0.3 is 0 Å². The molecule has 94 valence electrons.